The summed E-state index contributed by atoms with van der Waals surface area (Å²) in [5, 5.41) is 6.14. The molecule has 1 aromatic heterocycles. The highest BCUT2D eigenvalue weighted by Crippen LogP contribution is 2.40. The van der Waals surface area contributed by atoms with Crippen LogP contribution in [0.5, 0.6) is 0 Å². The van der Waals surface area contributed by atoms with Crippen LogP contribution in [-0.4, -0.2) is 11.0 Å². The second-order valence-corrected chi connectivity index (χ2v) is 5.80. The van der Waals surface area contributed by atoms with Gasteiger partial charge in [-0.25, -0.2) is 0 Å². The Bertz CT molecular complexity index is 752. The molecule has 4 rings (SSSR count). The molecule has 104 valence electrons. The van der Waals surface area contributed by atoms with Gasteiger partial charge in [0.05, 0.1) is 0 Å². The van der Waals surface area contributed by atoms with E-state index in [4.69, 9.17) is 0 Å². The average molecular weight is 274 g/mol. The van der Waals surface area contributed by atoms with Gasteiger partial charge in [-0.15, -0.1) is 0 Å². The number of hydrogen-bond acceptors (Lipinski definition) is 2. The molecular formula is C19H18N2. The Labute approximate surface area is 124 Å². The summed E-state index contributed by atoms with van der Waals surface area (Å²) in [5.41, 5.74) is 2.80. The lowest BCUT2D eigenvalue weighted by atomic mass is 10.1. The number of aromatic nitrogens is 1. The third-order valence-electron chi connectivity index (χ3n) is 4.29. The van der Waals surface area contributed by atoms with Gasteiger partial charge in [0.1, 0.15) is 0 Å². The fraction of sp³-hybridized carbons (Fsp3) is 0.211. The first-order valence-electron chi connectivity index (χ1n) is 7.51. The lowest BCUT2D eigenvalue weighted by molar-refractivity contribution is 0.673. The molecule has 1 aliphatic rings. The number of fused-ring (bicyclic) bond motifs is 1. The molecule has 0 radical (unpaired) electrons. The van der Waals surface area contributed by atoms with Crippen LogP contribution in [0.4, 0.5) is 0 Å². The maximum Gasteiger partial charge on any atom is 0.0346 e. The number of hydrogen-bond donors (Lipinski definition) is 1. The molecule has 1 aliphatic carbocycles. The van der Waals surface area contributed by atoms with Crippen LogP contribution in [0.15, 0.2) is 67.0 Å². The summed E-state index contributed by atoms with van der Waals surface area (Å²) >= 11 is 0. The van der Waals surface area contributed by atoms with Crippen molar-refractivity contribution in [1.29, 1.82) is 0 Å². The Morgan fingerprint density at radius 2 is 1.90 bits per heavy atom. The van der Waals surface area contributed by atoms with Gasteiger partial charge in [0.15, 0.2) is 0 Å². The summed E-state index contributed by atoms with van der Waals surface area (Å²) in [6, 6.07) is 20.1. The predicted octanol–water partition coefficient (Wildman–Crippen LogP) is 3.88. The molecule has 0 bridgehead atoms. The quantitative estimate of drug-likeness (QED) is 0.781. The zero-order valence-corrected chi connectivity index (χ0v) is 11.9. The van der Waals surface area contributed by atoms with E-state index in [0.29, 0.717) is 12.0 Å². The molecule has 0 saturated heterocycles. The Hall–Kier alpha value is -2.19. The highest BCUT2D eigenvalue weighted by Gasteiger charge is 2.37. The lowest BCUT2D eigenvalue weighted by Crippen LogP contribution is -2.17. The highest BCUT2D eigenvalue weighted by molar-refractivity contribution is 5.81. The summed E-state index contributed by atoms with van der Waals surface area (Å²) < 4.78 is 0. The SMILES string of the molecule is c1ccc(C2CC2NCc2ccc3cnccc3c2)cc1. The van der Waals surface area contributed by atoms with E-state index < -0.39 is 0 Å². The lowest BCUT2D eigenvalue weighted by Gasteiger charge is -2.06. The van der Waals surface area contributed by atoms with Crippen molar-refractivity contribution in [2.75, 3.05) is 0 Å². The largest absolute Gasteiger partial charge is 0.309 e. The molecule has 0 spiro atoms. The average Bonchev–Trinajstić information content (AvgIpc) is 3.33. The number of benzene rings is 2. The van der Waals surface area contributed by atoms with E-state index in [2.05, 4.69) is 64.9 Å². The Morgan fingerprint density at radius 1 is 1.00 bits per heavy atom. The van der Waals surface area contributed by atoms with Gasteiger partial charge >= 0.3 is 0 Å². The normalized spacial score (nSPS) is 20.6. The number of nitrogens with one attached hydrogen (secondary N) is 1. The van der Waals surface area contributed by atoms with Crippen LogP contribution in [0, 0.1) is 0 Å². The summed E-state index contributed by atoms with van der Waals surface area (Å²) in [6.45, 7) is 0.937. The highest BCUT2D eigenvalue weighted by atomic mass is 15.0. The van der Waals surface area contributed by atoms with Crippen molar-refractivity contribution in [3.8, 4) is 0 Å². The van der Waals surface area contributed by atoms with Crippen LogP contribution < -0.4 is 5.32 Å². The summed E-state index contributed by atoms with van der Waals surface area (Å²) in [6.07, 6.45) is 5.02. The Morgan fingerprint density at radius 3 is 2.81 bits per heavy atom. The zero-order valence-electron chi connectivity index (χ0n) is 11.9. The maximum absolute atomic E-state index is 4.15. The van der Waals surface area contributed by atoms with E-state index >= 15 is 0 Å². The van der Waals surface area contributed by atoms with Crippen molar-refractivity contribution in [2.45, 2.75) is 24.9 Å². The molecule has 1 N–H and O–H groups in total. The second-order valence-electron chi connectivity index (χ2n) is 5.80. The van der Waals surface area contributed by atoms with Gasteiger partial charge in [-0.2, -0.15) is 0 Å². The van der Waals surface area contributed by atoms with E-state index in [9.17, 15) is 0 Å². The van der Waals surface area contributed by atoms with Crippen LogP contribution in [0.2, 0.25) is 0 Å². The molecule has 2 nitrogen and oxygen atoms in total. The molecule has 21 heavy (non-hydrogen) atoms. The van der Waals surface area contributed by atoms with E-state index in [-0.39, 0.29) is 0 Å². The molecule has 0 amide bonds. The van der Waals surface area contributed by atoms with E-state index in [1.54, 1.807) is 0 Å². The molecule has 0 aliphatic heterocycles. The van der Waals surface area contributed by atoms with Gasteiger partial charge in [0.25, 0.3) is 0 Å². The predicted molar refractivity (Wildman–Crippen MR) is 86.2 cm³/mol. The van der Waals surface area contributed by atoms with Crippen LogP contribution in [0.25, 0.3) is 10.8 Å². The smallest absolute Gasteiger partial charge is 0.0346 e. The van der Waals surface area contributed by atoms with E-state index in [0.717, 1.165) is 6.54 Å². The van der Waals surface area contributed by atoms with Gasteiger partial charge in [-0.05, 0) is 35.1 Å². The summed E-state index contributed by atoms with van der Waals surface area (Å²) in [4.78, 5) is 4.15. The Balaban J connectivity index is 1.41. The molecule has 2 atom stereocenters. The van der Waals surface area contributed by atoms with Gasteiger partial charge in [-0.1, -0.05) is 42.5 Å². The molecule has 2 aromatic carbocycles. The number of rotatable bonds is 4. The number of pyridine rings is 1. The van der Waals surface area contributed by atoms with E-state index in [1.807, 2.05) is 12.4 Å². The van der Waals surface area contributed by atoms with Crippen molar-refractivity contribution >= 4 is 10.8 Å². The van der Waals surface area contributed by atoms with Crippen LogP contribution in [0.3, 0.4) is 0 Å². The Kier molecular flexibility index (Phi) is 3.17. The van der Waals surface area contributed by atoms with Gasteiger partial charge in [0, 0.05) is 36.3 Å². The zero-order chi connectivity index (χ0) is 14.1. The minimum absolute atomic E-state index is 0.625. The summed E-state index contributed by atoms with van der Waals surface area (Å²) in [5.74, 6) is 0.691. The minimum atomic E-state index is 0.625. The molecule has 1 saturated carbocycles. The topological polar surface area (TPSA) is 24.9 Å². The molecular weight excluding hydrogens is 256 g/mol. The fourth-order valence-corrected chi connectivity index (χ4v) is 2.98. The molecule has 2 heteroatoms. The van der Waals surface area contributed by atoms with Gasteiger partial charge in [0.2, 0.25) is 0 Å². The summed E-state index contributed by atoms with van der Waals surface area (Å²) in [7, 11) is 0. The maximum atomic E-state index is 4.15. The van der Waals surface area contributed by atoms with Crippen LogP contribution in [0.1, 0.15) is 23.5 Å². The monoisotopic (exact) mass is 274 g/mol. The first-order valence-corrected chi connectivity index (χ1v) is 7.51. The molecule has 1 fully saturated rings. The second kappa shape index (κ2) is 5.30. The van der Waals surface area contributed by atoms with Crippen LogP contribution in [-0.2, 0) is 6.54 Å². The third-order valence-corrected chi connectivity index (χ3v) is 4.29. The van der Waals surface area contributed by atoms with Gasteiger partial charge < -0.3 is 5.32 Å². The molecule has 1 heterocycles. The standard InChI is InChI=1S/C19H18N2/c1-2-4-15(5-3-1)18-11-19(18)21-12-14-6-7-17-13-20-9-8-16(17)10-14/h1-10,13,18-19,21H,11-12H2. The van der Waals surface area contributed by atoms with E-state index in [1.165, 1.54) is 28.3 Å². The van der Waals surface area contributed by atoms with Crippen molar-refractivity contribution in [2.24, 2.45) is 0 Å². The van der Waals surface area contributed by atoms with Crippen LogP contribution >= 0.6 is 0 Å². The third kappa shape index (κ3) is 2.67. The van der Waals surface area contributed by atoms with Gasteiger partial charge in [-0.3, -0.25) is 4.98 Å². The molecule has 2 unspecified atom stereocenters. The molecule has 3 aromatic rings. The fourth-order valence-electron chi connectivity index (χ4n) is 2.98. The minimum Gasteiger partial charge on any atom is -0.309 e. The van der Waals surface area contributed by atoms with Crippen molar-refractivity contribution in [3.05, 3.63) is 78.1 Å². The van der Waals surface area contributed by atoms with Crippen molar-refractivity contribution in [3.63, 3.8) is 0 Å². The number of nitrogens with zero attached hydrogens (tertiary/aromatic N) is 1. The van der Waals surface area contributed by atoms with Crippen molar-refractivity contribution < 1.29 is 0 Å². The van der Waals surface area contributed by atoms with Crippen molar-refractivity contribution in [1.82, 2.24) is 10.3 Å². The first kappa shape index (κ1) is 12.5. The first-order chi connectivity index (χ1) is 10.4.